The molecule has 0 aliphatic heterocycles. The van der Waals surface area contributed by atoms with Crippen molar-refractivity contribution in [3.63, 3.8) is 0 Å². The summed E-state index contributed by atoms with van der Waals surface area (Å²) in [6.07, 6.45) is 2.83. The van der Waals surface area contributed by atoms with Gasteiger partial charge in [0.25, 0.3) is 0 Å². The molecule has 0 atom stereocenters. The van der Waals surface area contributed by atoms with Crippen LogP contribution in [0, 0.1) is 0 Å². The van der Waals surface area contributed by atoms with Gasteiger partial charge in [0.05, 0.1) is 0 Å². The molecule has 0 N–H and O–H groups in total. The third-order valence-electron chi connectivity index (χ3n) is 2.46. The van der Waals surface area contributed by atoms with Crippen LogP contribution in [0.3, 0.4) is 0 Å². The van der Waals surface area contributed by atoms with Crippen molar-refractivity contribution in [2.24, 2.45) is 0 Å². The zero-order valence-corrected chi connectivity index (χ0v) is 12.0. The van der Waals surface area contributed by atoms with Crippen molar-refractivity contribution in [1.82, 2.24) is 9.78 Å². The molecule has 2 rings (SSSR count). The van der Waals surface area contributed by atoms with Gasteiger partial charge in [0.2, 0.25) is 0 Å². The third kappa shape index (κ3) is 3.09. The molecule has 1 aliphatic carbocycles. The molecule has 0 saturated heterocycles. The molecule has 2 nitrogen and oxygen atoms in total. The SMILES string of the molecule is CCn1cc([B-](F)(F)F)c(C2CC2)n1.[K+]. The maximum absolute atomic E-state index is 12.6. The van der Waals surface area contributed by atoms with E-state index in [9.17, 15) is 12.9 Å². The van der Waals surface area contributed by atoms with Gasteiger partial charge >= 0.3 is 58.4 Å². The van der Waals surface area contributed by atoms with Gasteiger partial charge in [-0.1, -0.05) is 5.46 Å². The Bertz CT molecular complexity index is 346. The Balaban J connectivity index is 0.00000112. The molecule has 1 aromatic rings. The summed E-state index contributed by atoms with van der Waals surface area (Å²) in [6, 6.07) is 0. The van der Waals surface area contributed by atoms with Crippen molar-refractivity contribution in [2.75, 3.05) is 0 Å². The van der Waals surface area contributed by atoms with Crippen LogP contribution in [0.1, 0.15) is 31.4 Å². The number of hydrogen-bond donors (Lipinski definition) is 0. The molecule has 1 aromatic heterocycles. The topological polar surface area (TPSA) is 17.8 Å². The first-order valence-corrected chi connectivity index (χ1v) is 4.79. The molecule has 1 fully saturated rings. The third-order valence-corrected chi connectivity index (χ3v) is 2.46. The summed E-state index contributed by atoms with van der Waals surface area (Å²) < 4.78 is 39.2. The summed E-state index contributed by atoms with van der Waals surface area (Å²) in [5.41, 5.74) is -0.228. The molecule has 0 unspecified atom stereocenters. The van der Waals surface area contributed by atoms with Crippen LogP contribution in [0.25, 0.3) is 0 Å². The van der Waals surface area contributed by atoms with E-state index in [-0.39, 0.29) is 63.0 Å². The maximum Gasteiger partial charge on any atom is 1.00 e. The van der Waals surface area contributed by atoms with E-state index in [1.807, 2.05) is 0 Å². The van der Waals surface area contributed by atoms with Crippen LogP contribution < -0.4 is 56.8 Å². The minimum atomic E-state index is -4.90. The summed E-state index contributed by atoms with van der Waals surface area (Å²) in [7, 11) is 0. The average molecular weight is 242 g/mol. The van der Waals surface area contributed by atoms with Gasteiger partial charge in [-0.25, -0.2) is 0 Å². The summed E-state index contributed by atoms with van der Waals surface area (Å²) in [4.78, 5) is 0. The Kier molecular flexibility index (Phi) is 4.51. The largest absolute Gasteiger partial charge is 1.00 e. The zero-order valence-electron chi connectivity index (χ0n) is 8.88. The summed E-state index contributed by atoms with van der Waals surface area (Å²) in [6.45, 7) is -2.62. The fourth-order valence-electron chi connectivity index (χ4n) is 1.54. The monoisotopic (exact) mass is 242 g/mol. The predicted octanol–water partition coefficient (Wildman–Crippen LogP) is -1.16. The standard InChI is InChI=1S/C8H11BF3N2.K/c1-2-14-5-7(9(10,11)12)8(13-14)6-3-4-6;/h5-6H,2-4H2,1H3;/q-1;+1. The molecule has 1 saturated carbocycles. The Morgan fingerprint density at radius 1 is 1.47 bits per heavy atom. The van der Waals surface area contributed by atoms with Crippen molar-refractivity contribution in [2.45, 2.75) is 32.2 Å². The van der Waals surface area contributed by atoms with Crippen LogP contribution in [0.2, 0.25) is 0 Å². The molecule has 15 heavy (non-hydrogen) atoms. The van der Waals surface area contributed by atoms with E-state index in [0.29, 0.717) is 6.54 Å². The van der Waals surface area contributed by atoms with E-state index < -0.39 is 12.4 Å². The van der Waals surface area contributed by atoms with Gasteiger partial charge in [0.15, 0.2) is 0 Å². The molecule has 1 heterocycles. The smallest absolute Gasteiger partial charge is 0.445 e. The van der Waals surface area contributed by atoms with Crippen LogP contribution in [-0.4, -0.2) is 16.8 Å². The van der Waals surface area contributed by atoms with Gasteiger partial charge < -0.3 is 12.9 Å². The van der Waals surface area contributed by atoms with Gasteiger partial charge in [-0.05, 0) is 26.0 Å². The molecule has 0 aromatic carbocycles. The normalized spacial score (nSPS) is 16.3. The number of halogens is 3. The van der Waals surface area contributed by atoms with E-state index >= 15 is 0 Å². The van der Waals surface area contributed by atoms with Crippen molar-refractivity contribution < 1.29 is 64.3 Å². The first-order chi connectivity index (χ1) is 6.52. The number of hydrogen-bond acceptors (Lipinski definition) is 1. The summed E-state index contributed by atoms with van der Waals surface area (Å²) in [5.74, 6) is 0.0568. The van der Waals surface area contributed by atoms with Gasteiger partial charge in [-0.2, -0.15) is 5.10 Å². The quantitative estimate of drug-likeness (QED) is 0.611. The maximum atomic E-state index is 12.6. The van der Waals surface area contributed by atoms with Crippen molar-refractivity contribution >= 4 is 12.4 Å². The van der Waals surface area contributed by atoms with E-state index in [1.54, 1.807) is 6.92 Å². The second-order valence-electron chi connectivity index (χ2n) is 3.67. The number of rotatable bonds is 3. The van der Waals surface area contributed by atoms with E-state index in [0.717, 1.165) is 19.0 Å². The van der Waals surface area contributed by atoms with Crippen molar-refractivity contribution in [1.29, 1.82) is 0 Å². The molecular weight excluding hydrogens is 231 g/mol. The summed E-state index contributed by atoms with van der Waals surface area (Å²) >= 11 is 0. The molecular formula is C8H11BF3KN2. The van der Waals surface area contributed by atoms with Crippen LogP contribution in [-0.2, 0) is 6.54 Å². The molecule has 7 heteroatoms. The zero-order chi connectivity index (χ0) is 10.3. The molecule has 1 aliphatic rings. The molecule has 0 radical (unpaired) electrons. The minimum absolute atomic E-state index is 0. The predicted molar refractivity (Wildman–Crippen MR) is 48.6 cm³/mol. The molecule has 0 amide bonds. The second kappa shape index (κ2) is 4.91. The van der Waals surface area contributed by atoms with Crippen LogP contribution in [0.15, 0.2) is 6.20 Å². The number of nitrogens with zero attached hydrogens (tertiary/aromatic N) is 2. The first-order valence-electron chi connectivity index (χ1n) is 4.79. The Hall–Kier alpha value is 0.701. The Labute approximate surface area is 129 Å². The van der Waals surface area contributed by atoms with Crippen molar-refractivity contribution in [3.8, 4) is 0 Å². The molecule has 0 bridgehead atoms. The fraction of sp³-hybridized carbons (Fsp3) is 0.625. The van der Waals surface area contributed by atoms with Crippen LogP contribution >= 0.6 is 0 Å². The van der Waals surface area contributed by atoms with Crippen LogP contribution in [0.4, 0.5) is 12.9 Å². The Morgan fingerprint density at radius 2 is 2.07 bits per heavy atom. The van der Waals surface area contributed by atoms with Gasteiger partial charge in [0, 0.05) is 18.2 Å². The average Bonchev–Trinajstić information content (AvgIpc) is 2.83. The molecule has 78 valence electrons. The minimum Gasteiger partial charge on any atom is -0.445 e. The summed E-state index contributed by atoms with van der Waals surface area (Å²) in [5, 5.41) is 3.97. The van der Waals surface area contributed by atoms with E-state index in [1.165, 1.54) is 4.68 Å². The van der Waals surface area contributed by atoms with Gasteiger partial charge in [-0.3, -0.25) is 4.68 Å². The van der Waals surface area contributed by atoms with Crippen molar-refractivity contribution in [3.05, 3.63) is 11.9 Å². The molecule has 0 spiro atoms. The van der Waals surface area contributed by atoms with E-state index in [2.05, 4.69) is 5.10 Å². The second-order valence-corrected chi connectivity index (χ2v) is 3.67. The number of aromatic nitrogens is 2. The van der Waals surface area contributed by atoms with Gasteiger partial charge in [0.1, 0.15) is 0 Å². The fourth-order valence-corrected chi connectivity index (χ4v) is 1.54. The number of aryl methyl sites for hydroxylation is 1. The first kappa shape index (κ1) is 13.8. The van der Waals surface area contributed by atoms with Gasteiger partial charge in [-0.15, -0.1) is 0 Å². The van der Waals surface area contributed by atoms with E-state index in [4.69, 9.17) is 0 Å². The van der Waals surface area contributed by atoms with Crippen LogP contribution in [0.5, 0.6) is 0 Å². The Morgan fingerprint density at radius 3 is 2.47 bits per heavy atom.